The zero-order valence-corrected chi connectivity index (χ0v) is 13.4. The van der Waals surface area contributed by atoms with Crippen LogP contribution >= 0.6 is 11.5 Å². The lowest BCUT2D eigenvalue weighted by Gasteiger charge is -2.35. The van der Waals surface area contributed by atoms with Crippen LogP contribution in [0.5, 0.6) is 0 Å². The number of benzene rings is 1. The third-order valence-corrected chi connectivity index (χ3v) is 4.91. The van der Waals surface area contributed by atoms with Gasteiger partial charge in [0, 0.05) is 12.5 Å². The summed E-state index contributed by atoms with van der Waals surface area (Å²) >= 11 is 1.29. The fourth-order valence-electron chi connectivity index (χ4n) is 3.15. The van der Waals surface area contributed by atoms with Crippen LogP contribution in [0.4, 0.5) is 0 Å². The summed E-state index contributed by atoms with van der Waals surface area (Å²) in [7, 11) is 1.72. The molecule has 1 aromatic heterocycles. The molecule has 0 saturated heterocycles. The van der Waals surface area contributed by atoms with Crippen LogP contribution in [-0.2, 0) is 4.74 Å². The number of hydrogen-bond donors (Lipinski definition) is 1. The average Bonchev–Trinajstić information content (AvgIpc) is 3.10. The molecule has 3 rings (SSSR count). The van der Waals surface area contributed by atoms with Gasteiger partial charge < -0.3 is 10.1 Å². The predicted octanol–water partition coefficient (Wildman–Crippen LogP) is 3.22. The smallest absolute Gasteiger partial charge is 0.271 e. The number of amides is 1. The predicted molar refractivity (Wildman–Crippen MR) is 87.2 cm³/mol. The number of rotatable bonds is 4. The summed E-state index contributed by atoms with van der Waals surface area (Å²) in [5.74, 6) is 0.394. The van der Waals surface area contributed by atoms with Crippen LogP contribution < -0.4 is 5.32 Å². The fraction of sp³-hybridized carbons (Fsp3) is 0.412. The highest BCUT2D eigenvalue weighted by atomic mass is 32.1. The van der Waals surface area contributed by atoms with E-state index < -0.39 is 0 Å². The third-order valence-electron chi connectivity index (χ3n) is 4.35. The number of hydrogen-bond acceptors (Lipinski definition) is 4. The number of nitrogens with zero attached hydrogens (tertiary/aromatic N) is 1. The molecule has 0 aliphatic heterocycles. The van der Waals surface area contributed by atoms with E-state index in [-0.39, 0.29) is 18.1 Å². The molecule has 22 heavy (non-hydrogen) atoms. The summed E-state index contributed by atoms with van der Waals surface area (Å²) in [6, 6.07) is 12.3. The second kappa shape index (κ2) is 7.03. The first-order valence-electron chi connectivity index (χ1n) is 7.57. The van der Waals surface area contributed by atoms with Crippen LogP contribution in [0.15, 0.2) is 41.8 Å². The number of aromatic nitrogens is 1. The van der Waals surface area contributed by atoms with Gasteiger partial charge in [-0.25, -0.2) is 0 Å². The minimum atomic E-state index is -0.105. The first-order chi connectivity index (χ1) is 10.8. The quantitative estimate of drug-likeness (QED) is 0.942. The van der Waals surface area contributed by atoms with Gasteiger partial charge in [0.15, 0.2) is 0 Å². The van der Waals surface area contributed by atoms with E-state index in [1.165, 1.54) is 17.1 Å². The summed E-state index contributed by atoms with van der Waals surface area (Å²) in [6.07, 6.45) is 2.96. The minimum Gasteiger partial charge on any atom is -0.379 e. The van der Waals surface area contributed by atoms with E-state index in [9.17, 15) is 4.79 Å². The molecule has 5 heteroatoms. The van der Waals surface area contributed by atoms with Crippen LogP contribution in [0.25, 0.3) is 0 Å². The Morgan fingerprint density at radius 2 is 2.09 bits per heavy atom. The van der Waals surface area contributed by atoms with Gasteiger partial charge in [0.2, 0.25) is 0 Å². The average molecular weight is 316 g/mol. The second-order valence-electron chi connectivity index (χ2n) is 5.66. The first-order valence-corrected chi connectivity index (χ1v) is 8.40. The normalized spacial score (nSPS) is 24.9. The van der Waals surface area contributed by atoms with Crippen molar-refractivity contribution in [2.24, 2.45) is 0 Å². The van der Waals surface area contributed by atoms with Crippen molar-refractivity contribution >= 4 is 17.4 Å². The van der Waals surface area contributed by atoms with Crippen LogP contribution in [0.3, 0.4) is 0 Å². The van der Waals surface area contributed by atoms with Crippen molar-refractivity contribution in [2.45, 2.75) is 37.3 Å². The molecule has 0 spiro atoms. The van der Waals surface area contributed by atoms with Crippen molar-refractivity contribution in [3.63, 3.8) is 0 Å². The number of carbonyl (C=O) groups excluding carboxylic acids is 1. The highest BCUT2D eigenvalue weighted by molar-refractivity contribution is 7.03. The van der Waals surface area contributed by atoms with Crippen molar-refractivity contribution in [3.8, 4) is 0 Å². The Balaban J connectivity index is 1.64. The van der Waals surface area contributed by atoms with E-state index in [0.29, 0.717) is 11.6 Å². The van der Waals surface area contributed by atoms with Gasteiger partial charge in [0.05, 0.1) is 12.1 Å². The largest absolute Gasteiger partial charge is 0.379 e. The Morgan fingerprint density at radius 3 is 2.77 bits per heavy atom. The van der Waals surface area contributed by atoms with Gasteiger partial charge in [-0.05, 0) is 48.3 Å². The molecule has 0 bridgehead atoms. The van der Waals surface area contributed by atoms with Gasteiger partial charge in [-0.1, -0.05) is 30.3 Å². The van der Waals surface area contributed by atoms with Gasteiger partial charge in [-0.15, -0.1) is 0 Å². The van der Waals surface area contributed by atoms with Crippen molar-refractivity contribution in [1.82, 2.24) is 9.69 Å². The SMILES string of the molecule is CO[C@@H]1C[C@@H](c2ccccc2)CC[C@H]1NC(=O)c1ccsn1. The molecule has 3 atom stereocenters. The van der Waals surface area contributed by atoms with E-state index in [1.807, 2.05) is 11.4 Å². The summed E-state index contributed by atoms with van der Waals surface area (Å²) < 4.78 is 9.73. The number of carbonyl (C=O) groups is 1. The molecule has 1 fully saturated rings. The van der Waals surface area contributed by atoms with E-state index in [2.05, 4.69) is 34.0 Å². The number of nitrogens with one attached hydrogen (secondary N) is 1. The summed E-state index contributed by atoms with van der Waals surface area (Å²) in [5.41, 5.74) is 1.85. The molecular weight excluding hydrogens is 296 g/mol. The number of methoxy groups -OCH3 is 1. The number of ether oxygens (including phenoxy) is 1. The molecule has 116 valence electrons. The maximum Gasteiger partial charge on any atom is 0.271 e. The maximum absolute atomic E-state index is 12.2. The Labute approximate surface area is 134 Å². The highest BCUT2D eigenvalue weighted by Crippen LogP contribution is 2.34. The molecule has 1 saturated carbocycles. The van der Waals surface area contributed by atoms with E-state index in [0.717, 1.165) is 19.3 Å². The monoisotopic (exact) mass is 316 g/mol. The van der Waals surface area contributed by atoms with Crippen LogP contribution in [0, 0.1) is 0 Å². The fourth-order valence-corrected chi connectivity index (χ4v) is 3.66. The van der Waals surface area contributed by atoms with Gasteiger partial charge in [0.25, 0.3) is 5.91 Å². The van der Waals surface area contributed by atoms with Crippen molar-refractivity contribution in [3.05, 3.63) is 53.0 Å². The lowest BCUT2D eigenvalue weighted by Crippen LogP contribution is -2.47. The molecule has 0 radical (unpaired) electrons. The van der Waals surface area contributed by atoms with E-state index in [1.54, 1.807) is 13.2 Å². The van der Waals surface area contributed by atoms with Gasteiger partial charge in [-0.2, -0.15) is 4.37 Å². The van der Waals surface area contributed by atoms with Gasteiger partial charge in [0.1, 0.15) is 5.69 Å². The van der Waals surface area contributed by atoms with Crippen LogP contribution in [0.1, 0.15) is 41.2 Å². The molecule has 1 amide bonds. The van der Waals surface area contributed by atoms with Gasteiger partial charge in [-0.3, -0.25) is 4.79 Å². The molecule has 1 aliphatic carbocycles. The van der Waals surface area contributed by atoms with Gasteiger partial charge >= 0.3 is 0 Å². The molecule has 1 aromatic carbocycles. The second-order valence-corrected chi connectivity index (χ2v) is 6.33. The van der Waals surface area contributed by atoms with E-state index >= 15 is 0 Å². The van der Waals surface area contributed by atoms with Crippen LogP contribution in [-0.4, -0.2) is 29.5 Å². The zero-order chi connectivity index (χ0) is 15.4. The van der Waals surface area contributed by atoms with Crippen molar-refractivity contribution in [1.29, 1.82) is 0 Å². The lowest BCUT2D eigenvalue weighted by atomic mass is 9.80. The first kappa shape index (κ1) is 15.2. The molecular formula is C17H20N2O2S. The summed E-state index contributed by atoms with van der Waals surface area (Å²) in [6.45, 7) is 0. The molecule has 1 aliphatic rings. The molecule has 4 nitrogen and oxygen atoms in total. The van der Waals surface area contributed by atoms with E-state index in [4.69, 9.17) is 4.74 Å². The Kier molecular flexibility index (Phi) is 4.85. The van der Waals surface area contributed by atoms with Crippen molar-refractivity contribution < 1.29 is 9.53 Å². The summed E-state index contributed by atoms with van der Waals surface area (Å²) in [4.78, 5) is 12.2. The molecule has 1 N–H and O–H groups in total. The van der Waals surface area contributed by atoms with Crippen LogP contribution in [0.2, 0.25) is 0 Å². The molecule has 0 unspecified atom stereocenters. The molecule has 2 aromatic rings. The summed E-state index contributed by atoms with van der Waals surface area (Å²) in [5, 5.41) is 4.89. The lowest BCUT2D eigenvalue weighted by molar-refractivity contribution is 0.0329. The Bertz CT molecular complexity index is 600. The standard InChI is InChI=1S/C17H20N2O2S/c1-21-16-11-13(12-5-3-2-4-6-12)7-8-14(16)18-17(20)15-9-10-22-19-15/h2-6,9-10,13-14,16H,7-8,11H2,1H3,(H,18,20)/t13-,14+,16+/m0/s1. The molecule has 1 heterocycles. The minimum absolute atomic E-state index is 0.0431. The van der Waals surface area contributed by atoms with Crippen molar-refractivity contribution in [2.75, 3.05) is 7.11 Å². The third kappa shape index (κ3) is 3.36. The highest BCUT2D eigenvalue weighted by Gasteiger charge is 2.32. The Morgan fingerprint density at radius 1 is 1.27 bits per heavy atom. The topological polar surface area (TPSA) is 51.2 Å². The maximum atomic E-state index is 12.2. The zero-order valence-electron chi connectivity index (χ0n) is 12.6. The Hall–Kier alpha value is -1.72.